The molecular weight excluding hydrogens is 470 g/mol. The SMILES string of the molecule is Cc1ccc(C(=O)O)cc1-n1c(C)cc([C@@H]2[C@@H](c3ccccn3)NC(=S)N2Cc2ccccn2)c1C. The third kappa shape index (κ3) is 4.24. The van der Waals surface area contributed by atoms with Crippen molar-refractivity contribution in [3.05, 3.63) is 113 Å². The Hall–Kier alpha value is -4.04. The van der Waals surface area contributed by atoms with Gasteiger partial charge in [0.1, 0.15) is 0 Å². The number of nitrogens with one attached hydrogen (secondary N) is 1. The van der Waals surface area contributed by atoms with Crippen molar-refractivity contribution in [1.29, 1.82) is 0 Å². The molecule has 5 rings (SSSR count). The topological polar surface area (TPSA) is 83.3 Å². The highest BCUT2D eigenvalue weighted by Crippen LogP contribution is 2.42. The normalized spacial score (nSPS) is 17.3. The van der Waals surface area contributed by atoms with E-state index in [1.54, 1.807) is 24.5 Å². The minimum Gasteiger partial charge on any atom is -0.478 e. The van der Waals surface area contributed by atoms with Gasteiger partial charge in [-0.1, -0.05) is 18.2 Å². The largest absolute Gasteiger partial charge is 0.478 e. The Morgan fingerprint density at radius 3 is 2.44 bits per heavy atom. The van der Waals surface area contributed by atoms with E-state index in [0.29, 0.717) is 11.7 Å². The molecule has 2 N–H and O–H groups in total. The zero-order valence-corrected chi connectivity index (χ0v) is 21.2. The quantitative estimate of drug-likeness (QED) is 0.360. The summed E-state index contributed by atoms with van der Waals surface area (Å²) in [6.07, 6.45) is 3.58. The van der Waals surface area contributed by atoms with Crippen LogP contribution in [0.4, 0.5) is 0 Å². The minimum absolute atomic E-state index is 0.127. The lowest BCUT2D eigenvalue weighted by molar-refractivity contribution is 0.0697. The molecule has 1 saturated heterocycles. The number of nitrogens with zero attached hydrogens (tertiary/aromatic N) is 4. The fourth-order valence-electron chi connectivity index (χ4n) is 5.02. The molecule has 182 valence electrons. The summed E-state index contributed by atoms with van der Waals surface area (Å²) in [7, 11) is 0. The molecule has 8 heteroatoms. The van der Waals surface area contributed by atoms with Gasteiger partial charge in [-0.2, -0.15) is 0 Å². The molecule has 1 aliphatic rings. The van der Waals surface area contributed by atoms with Crippen LogP contribution in [0.2, 0.25) is 0 Å². The van der Waals surface area contributed by atoms with Crippen molar-refractivity contribution in [2.24, 2.45) is 0 Å². The Morgan fingerprint density at radius 2 is 1.78 bits per heavy atom. The van der Waals surface area contributed by atoms with Crippen LogP contribution in [0.15, 0.2) is 73.1 Å². The Labute approximate surface area is 215 Å². The Morgan fingerprint density at radius 1 is 1.03 bits per heavy atom. The van der Waals surface area contributed by atoms with E-state index in [1.165, 1.54) is 0 Å². The van der Waals surface area contributed by atoms with Gasteiger partial charge in [-0.3, -0.25) is 9.97 Å². The second-order valence-electron chi connectivity index (χ2n) is 9.04. The number of rotatable bonds is 6. The summed E-state index contributed by atoms with van der Waals surface area (Å²) in [5.74, 6) is -0.943. The molecule has 7 nitrogen and oxygen atoms in total. The zero-order chi connectivity index (χ0) is 25.4. The molecule has 0 saturated carbocycles. The van der Waals surface area contributed by atoms with Crippen molar-refractivity contribution in [3.8, 4) is 5.69 Å². The third-order valence-electron chi connectivity index (χ3n) is 6.74. The number of carboxylic acids is 1. The summed E-state index contributed by atoms with van der Waals surface area (Å²) < 4.78 is 2.13. The number of carbonyl (C=O) groups is 1. The van der Waals surface area contributed by atoms with Crippen LogP contribution < -0.4 is 5.32 Å². The first-order valence-corrected chi connectivity index (χ1v) is 12.2. The fourth-order valence-corrected chi connectivity index (χ4v) is 5.33. The van der Waals surface area contributed by atoms with Crippen molar-refractivity contribution in [2.75, 3.05) is 0 Å². The molecule has 0 unspecified atom stereocenters. The van der Waals surface area contributed by atoms with E-state index in [9.17, 15) is 9.90 Å². The van der Waals surface area contributed by atoms with Gasteiger partial charge < -0.3 is 19.9 Å². The van der Waals surface area contributed by atoms with Crippen LogP contribution in [0, 0.1) is 20.8 Å². The van der Waals surface area contributed by atoms with Gasteiger partial charge in [0.15, 0.2) is 5.11 Å². The first kappa shape index (κ1) is 23.7. The van der Waals surface area contributed by atoms with Gasteiger partial charge in [0.25, 0.3) is 0 Å². The zero-order valence-electron chi connectivity index (χ0n) is 20.3. The van der Waals surface area contributed by atoms with Gasteiger partial charge in [0.2, 0.25) is 0 Å². The van der Waals surface area contributed by atoms with Crippen molar-refractivity contribution in [1.82, 2.24) is 24.8 Å². The highest BCUT2D eigenvalue weighted by molar-refractivity contribution is 7.80. The van der Waals surface area contributed by atoms with Crippen LogP contribution in [-0.2, 0) is 6.54 Å². The summed E-state index contributed by atoms with van der Waals surface area (Å²) in [5.41, 5.74) is 7.10. The van der Waals surface area contributed by atoms with E-state index >= 15 is 0 Å². The van der Waals surface area contributed by atoms with E-state index in [1.807, 2.05) is 56.3 Å². The molecule has 0 spiro atoms. The molecule has 4 aromatic rings. The third-order valence-corrected chi connectivity index (χ3v) is 7.09. The molecule has 36 heavy (non-hydrogen) atoms. The lowest BCUT2D eigenvalue weighted by Gasteiger charge is -2.28. The lowest BCUT2D eigenvalue weighted by atomic mass is 9.96. The average molecular weight is 498 g/mol. The van der Waals surface area contributed by atoms with E-state index in [4.69, 9.17) is 12.2 Å². The lowest BCUT2D eigenvalue weighted by Crippen LogP contribution is -2.29. The number of benzene rings is 1. The molecule has 1 aliphatic heterocycles. The number of aromatic carboxylic acids is 1. The van der Waals surface area contributed by atoms with Gasteiger partial charge in [-0.05, 0) is 86.6 Å². The maximum Gasteiger partial charge on any atom is 0.335 e. The minimum atomic E-state index is -0.943. The summed E-state index contributed by atoms with van der Waals surface area (Å²) in [6, 6.07) is 18.9. The molecule has 0 amide bonds. The summed E-state index contributed by atoms with van der Waals surface area (Å²) in [5, 5.41) is 13.7. The second kappa shape index (κ2) is 9.54. The molecule has 0 aliphatic carbocycles. The highest BCUT2D eigenvalue weighted by Gasteiger charge is 2.41. The number of hydrogen-bond acceptors (Lipinski definition) is 4. The van der Waals surface area contributed by atoms with Crippen molar-refractivity contribution in [3.63, 3.8) is 0 Å². The number of hydrogen-bond donors (Lipinski definition) is 2. The van der Waals surface area contributed by atoms with Crippen LogP contribution in [0.5, 0.6) is 0 Å². The van der Waals surface area contributed by atoms with Crippen molar-refractivity contribution >= 4 is 23.3 Å². The average Bonchev–Trinajstić information content (AvgIpc) is 3.35. The van der Waals surface area contributed by atoms with E-state index in [2.05, 4.69) is 37.7 Å². The standard InChI is InChI=1S/C28H27N5O2S/c1-17-10-11-20(27(34)35)15-24(17)33-18(2)14-22(19(33)3)26-25(23-9-5-7-13-30-23)31-28(36)32(26)16-21-8-4-6-12-29-21/h4-15,25-26H,16H2,1-3H3,(H,31,36)(H,34,35)/t25-,26-/m1/s1. The van der Waals surface area contributed by atoms with Crippen LogP contribution in [-0.4, -0.2) is 35.6 Å². The van der Waals surface area contributed by atoms with Gasteiger partial charge in [-0.15, -0.1) is 0 Å². The number of carboxylic acid groups (broad SMARTS) is 1. The molecule has 1 aromatic carbocycles. The van der Waals surface area contributed by atoms with Gasteiger partial charge in [0, 0.05) is 29.5 Å². The first-order valence-electron chi connectivity index (χ1n) is 11.8. The van der Waals surface area contributed by atoms with Crippen LogP contribution in [0.1, 0.15) is 56.3 Å². The maximum absolute atomic E-state index is 11.7. The monoisotopic (exact) mass is 497 g/mol. The predicted octanol–water partition coefficient (Wildman–Crippen LogP) is 5.06. The Balaban J connectivity index is 1.64. The summed E-state index contributed by atoms with van der Waals surface area (Å²) in [6.45, 7) is 6.67. The fraction of sp³-hybridized carbons (Fsp3) is 0.214. The van der Waals surface area contributed by atoms with Crippen molar-refractivity contribution in [2.45, 2.75) is 39.4 Å². The second-order valence-corrected chi connectivity index (χ2v) is 9.43. The van der Waals surface area contributed by atoms with Crippen molar-refractivity contribution < 1.29 is 9.90 Å². The highest BCUT2D eigenvalue weighted by atomic mass is 32.1. The molecule has 0 radical (unpaired) electrons. The van der Waals surface area contributed by atoms with Gasteiger partial charge >= 0.3 is 5.97 Å². The number of pyridine rings is 2. The summed E-state index contributed by atoms with van der Waals surface area (Å²) >= 11 is 5.82. The van der Waals surface area contributed by atoms with Crippen LogP contribution in [0.25, 0.3) is 5.69 Å². The predicted molar refractivity (Wildman–Crippen MR) is 142 cm³/mol. The van der Waals surface area contributed by atoms with Crippen LogP contribution >= 0.6 is 12.2 Å². The smallest absolute Gasteiger partial charge is 0.335 e. The Kier molecular flexibility index (Phi) is 6.28. The summed E-state index contributed by atoms with van der Waals surface area (Å²) in [4.78, 5) is 23.0. The van der Waals surface area contributed by atoms with E-state index in [0.717, 1.165) is 39.6 Å². The molecule has 2 atom stereocenters. The molecule has 0 bridgehead atoms. The maximum atomic E-state index is 11.7. The molecule has 4 heterocycles. The number of aryl methyl sites for hydroxylation is 2. The van der Waals surface area contributed by atoms with E-state index in [-0.39, 0.29) is 17.6 Å². The Bertz CT molecular complexity index is 1440. The van der Waals surface area contributed by atoms with Crippen LogP contribution in [0.3, 0.4) is 0 Å². The molecule has 3 aromatic heterocycles. The van der Waals surface area contributed by atoms with E-state index < -0.39 is 5.97 Å². The van der Waals surface area contributed by atoms with Gasteiger partial charge in [0.05, 0.1) is 35.6 Å². The number of thiocarbonyl (C=S) groups is 1. The van der Waals surface area contributed by atoms with Gasteiger partial charge in [-0.25, -0.2) is 4.79 Å². The first-order chi connectivity index (χ1) is 17.3. The molecular formula is C28H27N5O2S. The number of aromatic nitrogens is 3. The molecule has 1 fully saturated rings.